The highest BCUT2D eigenvalue weighted by molar-refractivity contribution is 5.94. The molecule has 0 aliphatic carbocycles. The second-order valence-corrected chi connectivity index (χ2v) is 6.43. The molecule has 0 spiro atoms. The van der Waals surface area contributed by atoms with Gasteiger partial charge in [-0.25, -0.2) is 4.98 Å². The highest BCUT2D eigenvalue weighted by atomic mass is 19.4. The van der Waals surface area contributed by atoms with E-state index in [1.807, 2.05) is 0 Å². The highest BCUT2D eigenvalue weighted by Gasteiger charge is 2.35. The third kappa shape index (κ3) is 6.81. The van der Waals surface area contributed by atoms with Crippen LogP contribution in [0.4, 0.5) is 13.2 Å². The van der Waals surface area contributed by atoms with Crippen LogP contribution in [0.3, 0.4) is 0 Å². The third-order valence-corrected chi connectivity index (χ3v) is 4.15. The van der Waals surface area contributed by atoms with Crippen molar-refractivity contribution in [2.24, 2.45) is 0 Å². The minimum absolute atomic E-state index is 0.101. The van der Waals surface area contributed by atoms with Crippen LogP contribution in [0.15, 0.2) is 41.2 Å². The van der Waals surface area contributed by atoms with Crippen LogP contribution < -0.4 is 10.1 Å². The van der Waals surface area contributed by atoms with Crippen molar-refractivity contribution in [2.75, 3.05) is 32.8 Å². The molecule has 12 heteroatoms. The summed E-state index contributed by atoms with van der Waals surface area (Å²) in [6, 6.07) is 4.56. The minimum atomic E-state index is -4.68. The fourth-order valence-corrected chi connectivity index (χ4v) is 2.66. The van der Waals surface area contributed by atoms with Gasteiger partial charge in [-0.1, -0.05) is 0 Å². The molecule has 2 aromatic rings. The maximum atomic E-state index is 12.7. The zero-order valence-corrected chi connectivity index (χ0v) is 16.2. The lowest BCUT2D eigenvalue weighted by Gasteiger charge is -2.32. The van der Waals surface area contributed by atoms with Crippen LogP contribution >= 0.6 is 0 Å². The maximum absolute atomic E-state index is 12.7. The van der Waals surface area contributed by atoms with E-state index in [1.165, 1.54) is 29.4 Å². The third-order valence-electron chi connectivity index (χ3n) is 4.15. The predicted octanol–water partition coefficient (Wildman–Crippen LogP) is 1.52. The second-order valence-electron chi connectivity index (χ2n) is 6.43. The first-order valence-corrected chi connectivity index (χ1v) is 9.23. The smallest absolute Gasteiger partial charge is 0.451 e. The molecule has 1 N–H and O–H groups in total. The van der Waals surface area contributed by atoms with Gasteiger partial charge in [0, 0.05) is 24.9 Å². The Balaban J connectivity index is 1.44. The van der Waals surface area contributed by atoms with Crippen molar-refractivity contribution in [2.45, 2.75) is 12.3 Å². The zero-order chi connectivity index (χ0) is 22.3. The van der Waals surface area contributed by atoms with Crippen molar-refractivity contribution in [3.8, 4) is 5.88 Å². The van der Waals surface area contributed by atoms with E-state index < -0.39 is 24.0 Å². The molecule has 2 amide bonds. The monoisotopic (exact) mass is 440 g/mol. The predicted molar refractivity (Wildman–Crippen MR) is 99.6 cm³/mol. The van der Waals surface area contributed by atoms with Crippen molar-refractivity contribution in [3.63, 3.8) is 0 Å². The van der Waals surface area contributed by atoms with Gasteiger partial charge in [-0.15, -0.1) is 0 Å². The standard InChI is InChI=1S/C19H19F3N4O5/c20-19(21,22)18-23-6-5-16(25-18)31-12-14-11-26(7-9-30-14)17(28)10-24-15(27)4-3-13-2-1-8-29-13/h1-6,8,14H,7,9-12H2,(H,24,27)/b4-3-. The van der Waals surface area contributed by atoms with Crippen molar-refractivity contribution >= 4 is 17.9 Å². The first-order chi connectivity index (χ1) is 14.8. The summed E-state index contributed by atoms with van der Waals surface area (Å²) in [5.41, 5.74) is 0. The van der Waals surface area contributed by atoms with E-state index in [0.717, 1.165) is 6.20 Å². The van der Waals surface area contributed by atoms with Crippen LogP contribution in [0.5, 0.6) is 5.88 Å². The Morgan fingerprint density at radius 1 is 1.35 bits per heavy atom. The van der Waals surface area contributed by atoms with Gasteiger partial charge in [0.25, 0.3) is 0 Å². The lowest BCUT2D eigenvalue weighted by Crippen LogP contribution is -2.50. The number of rotatable bonds is 7. The van der Waals surface area contributed by atoms with Crippen molar-refractivity contribution in [1.82, 2.24) is 20.2 Å². The number of aromatic nitrogens is 2. The molecule has 9 nitrogen and oxygen atoms in total. The van der Waals surface area contributed by atoms with Crippen molar-refractivity contribution in [3.05, 3.63) is 48.3 Å². The van der Waals surface area contributed by atoms with E-state index >= 15 is 0 Å². The number of hydrogen-bond acceptors (Lipinski definition) is 7. The molecular formula is C19H19F3N4O5. The van der Waals surface area contributed by atoms with Crippen LogP contribution in [0.2, 0.25) is 0 Å². The van der Waals surface area contributed by atoms with Gasteiger partial charge in [0.15, 0.2) is 0 Å². The Morgan fingerprint density at radius 3 is 2.94 bits per heavy atom. The summed E-state index contributed by atoms with van der Waals surface area (Å²) in [7, 11) is 0. The number of furan rings is 1. The molecule has 0 aromatic carbocycles. The number of nitrogens with one attached hydrogen (secondary N) is 1. The summed E-state index contributed by atoms with van der Waals surface area (Å²) in [6.45, 7) is 0.392. The highest BCUT2D eigenvalue weighted by Crippen LogP contribution is 2.26. The van der Waals surface area contributed by atoms with E-state index in [1.54, 1.807) is 12.1 Å². The molecule has 0 radical (unpaired) electrons. The summed E-state index contributed by atoms with van der Waals surface area (Å²) in [5.74, 6) is -1.83. The van der Waals surface area contributed by atoms with Crippen LogP contribution in [-0.4, -0.2) is 65.6 Å². The number of ether oxygens (including phenoxy) is 2. The molecule has 166 valence electrons. The molecule has 1 saturated heterocycles. The molecule has 3 heterocycles. The molecule has 1 aliphatic rings. The quantitative estimate of drug-likeness (QED) is 0.651. The summed E-state index contributed by atoms with van der Waals surface area (Å²) in [4.78, 5) is 32.1. The molecule has 3 rings (SSSR count). The SMILES string of the molecule is O=C(/C=C\c1ccco1)NCC(=O)N1CCOC(COc2ccnc(C(F)(F)F)n2)C1. The van der Waals surface area contributed by atoms with Gasteiger partial charge in [0.05, 0.1) is 26.0 Å². The van der Waals surface area contributed by atoms with Gasteiger partial charge in [-0.2, -0.15) is 18.2 Å². The Morgan fingerprint density at radius 2 is 2.19 bits per heavy atom. The lowest BCUT2D eigenvalue weighted by molar-refractivity contribution is -0.145. The molecule has 2 aromatic heterocycles. The number of carbonyl (C=O) groups is 2. The Bertz CT molecular complexity index is 918. The van der Waals surface area contributed by atoms with Gasteiger partial charge in [0.1, 0.15) is 18.5 Å². The fraction of sp³-hybridized carbons (Fsp3) is 0.368. The Labute approximate surface area is 174 Å². The second kappa shape index (κ2) is 10.1. The Hall–Kier alpha value is -3.41. The molecular weight excluding hydrogens is 421 g/mol. The van der Waals surface area contributed by atoms with E-state index in [4.69, 9.17) is 13.9 Å². The number of alkyl halides is 3. The summed E-state index contributed by atoms with van der Waals surface area (Å²) < 4.78 is 53.8. The normalized spacial score (nSPS) is 17.0. The van der Waals surface area contributed by atoms with Crippen LogP contribution in [-0.2, 0) is 20.5 Å². The van der Waals surface area contributed by atoms with Crippen LogP contribution in [0.1, 0.15) is 11.6 Å². The summed E-state index contributed by atoms with van der Waals surface area (Å²) in [5, 5.41) is 2.48. The average molecular weight is 440 g/mol. The van der Waals surface area contributed by atoms with Gasteiger partial charge >= 0.3 is 6.18 Å². The molecule has 31 heavy (non-hydrogen) atoms. The number of halogens is 3. The average Bonchev–Trinajstić information content (AvgIpc) is 3.28. The largest absolute Gasteiger partial charge is 0.475 e. The molecule has 1 atom stereocenters. The molecule has 1 unspecified atom stereocenters. The van der Waals surface area contributed by atoms with Gasteiger partial charge < -0.3 is 24.1 Å². The number of carbonyl (C=O) groups excluding carboxylic acids is 2. The van der Waals surface area contributed by atoms with Crippen LogP contribution in [0, 0.1) is 0 Å². The maximum Gasteiger partial charge on any atom is 0.451 e. The van der Waals surface area contributed by atoms with Crippen molar-refractivity contribution < 1.29 is 36.7 Å². The Kier molecular flexibility index (Phi) is 7.23. The summed E-state index contributed by atoms with van der Waals surface area (Å²) in [6.07, 6.45) is -0.0953. The molecule has 1 fully saturated rings. The van der Waals surface area contributed by atoms with E-state index in [2.05, 4.69) is 15.3 Å². The lowest BCUT2D eigenvalue weighted by atomic mass is 10.2. The van der Waals surface area contributed by atoms with Gasteiger partial charge in [-0.05, 0) is 18.2 Å². The molecule has 1 aliphatic heterocycles. The van der Waals surface area contributed by atoms with Crippen LogP contribution in [0.25, 0.3) is 6.08 Å². The minimum Gasteiger partial charge on any atom is -0.475 e. The number of nitrogens with zero attached hydrogens (tertiary/aromatic N) is 3. The van der Waals surface area contributed by atoms with Gasteiger partial charge in [0.2, 0.25) is 23.5 Å². The number of morpholine rings is 1. The van der Waals surface area contributed by atoms with Gasteiger partial charge in [-0.3, -0.25) is 9.59 Å². The molecule has 0 bridgehead atoms. The summed E-state index contributed by atoms with van der Waals surface area (Å²) >= 11 is 0. The van der Waals surface area contributed by atoms with E-state index in [9.17, 15) is 22.8 Å². The first-order valence-electron chi connectivity index (χ1n) is 9.23. The number of amides is 2. The molecule has 0 saturated carbocycles. The topological polar surface area (TPSA) is 107 Å². The number of hydrogen-bond donors (Lipinski definition) is 1. The fourth-order valence-electron chi connectivity index (χ4n) is 2.66. The van der Waals surface area contributed by atoms with E-state index in [-0.39, 0.29) is 38.1 Å². The van der Waals surface area contributed by atoms with Crippen molar-refractivity contribution in [1.29, 1.82) is 0 Å². The van der Waals surface area contributed by atoms with E-state index in [0.29, 0.717) is 12.3 Å². The first kappa shape index (κ1) is 22.3. The zero-order valence-electron chi connectivity index (χ0n) is 16.2.